The summed E-state index contributed by atoms with van der Waals surface area (Å²) in [7, 11) is 0. The average molecular weight is 425 g/mol. The van der Waals surface area contributed by atoms with Crippen LogP contribution in [0.15, 0.2) is 74.9 Å². The van der Waals surface area contributed by atoms with Crippen LogP contribution in [0, 0.1) is 13.8 Å². The second-order valence-corrected chi connectivity index (χ2v) is 7.05. The van der Waals surface area contributed by atoms with Crippen molar-refractivity contribution < 1.29 is 38.8 Å². The normalized spacial score (nSPS) is 10.5. The zero-order chi connectivity index (χ0) is 21.1. The summed E-state index contributed by atoms with van der Waals surface area (Å²) in [5.41, 5.74) is 5.88. The van der Waals surface area contributed by atoms with Crippen molar-refractivity contribution in [1.29, 1.82) is 0 Å². The zero-order valence-electron chi connectivity index (χ0n) is 17.7. The number of pyridine rings is 1. The Kier molecular flexibility index (Phi) is 7.33. The van der Waals surface area contributed by atoms with E-state index in [2.05, 4.69) is 54.1 Å². The van der Waals surface area contributed by atoms with E-state index in [0.29, 0.717) is 18.1 Å². The van der Waals surface area contributed by atoms with Crippen LogP contribution in [0.1, 0.15) is 22.3 Å². The van der Waals surface area contributed by atoms with E-state index in [1.807, 2.05) is 12.1 Å². The summed E-state index contributed by atoms with van der Waals surface area (Å²) >= 11 is 0. The Bertz CT molecular complexity index is 1270. The maximum atomic E-state index is 11.5. The molecule has 0 saturated heterocycles. The molecule has 0 unspecified atom stereocenters. The van der Waals surface area contributed by atoms with Gasteiger partial charge in [0.25, 0.3) is 0 Å². The van der Waals surface area contributed by atoms with E-state index in [1.54, 1.807) is 18.3 Å². The molecule has 0 amide bonds. The third kappa shape index (κ3) is 5.44. The van der Waals surface area contributed by atoms with Crippen LogP contribution in [0.5, 0.6) is 5.88 Å². The van der Waals surface area contributed by atoms with E-state index in [4.69, 9.17) is 9.26 Å². The van der Waals surface area contributed by atoms with Gasteiger partial charge in [-0.05, 0) is 53.3 Å². The summed E-state index contributed by atoms with van der Waals surface area (Å²) in [5, 5.41) is 0. The molecule has 2 aromatic heterocycles. The first-order valence-electron chi connectivity index (χ1n) is 9.48. The first kappa shape index (κ1) is 22.8. The molecule has 8 heteroatoms. The summed E-state index contributed by atoms with van der Waals surface area (Å²) in [6, 6.07) is 18.0. The van der Waals surface area contributed by atoms with Crippen molar-refractivity contribution in [2.45, 2.75) is 27.0 Å². The van der Waals surface area contributed by atoms with Gasteiger partial charge in [0.15, 0.2) is 5.69 Å². The fourth-order valence-electron chi connectivity index (χ4n) is 3.39. The number of rotatable bonds is 6. The molecule has 2 heterocycles. The molecule has 0 bridgehead atoms. The Hall–Kier alpha value is -2.87. The van der Waals surface area contributed by atoms with Gasteiger partial charge in [-0.3, -0.25) is 9.53 Å². The van der Waals surface area contributed by atoms with Crippen molar-refractivity contribution >= 4 is 0 Å². The van der Waals surface area contributed by atoms with Gasteiger partial charge in [-0.1, -0.05) is 42.5 Å². The van der Waals surface area contributed by atoms with Gasteiger partial charge in [-0.15, -0.1) is 0 Å². The number of ether oxygens (including phenoxy) is 1. The second kappa shape index (κ2) is 9.96. The van der Waals surface area contributed by atoms with Gasteiger partial charge in [0.2, 0.25) is 5.88 Å². The Morgan fingerprint density at radius 3 is 2.39 bits per heavy atom. The van der Waals surface area contributed by atoms with Crippen molar-refractivity contribution in [1.82, 2.24) is 14.7 Å². The van der Waals surface area contributed by atoms with E-state index < -0.39 is 11.4 Å². The largest absolute Gasteiger partial charge is 1.00 e. The quantitative estimate of drug-likeness (QED) is 0.406. The SMILES string of the molecule is Cc1cccc(C)c1-c1cccc(COc2ccc(Cn3oc(=O)[n-]c3=O)cn2)c1.[Na+]. The van der Waals surface area contributed by atoms with E-state index in [1.165, 1.54) is 16.7 Å². The molecule has 0 radical (unpaired) electrons. The number of hydrogen-bond donors (Lipinski definition) is 0. The molecule has 7 nitrogen and oxygen atoms in total. The predicted octanol–water partition coefficient (Wildman–Crippen LogP) is 0.0688. The summed E-state index contributed by atoms with van der Waals surface area (Å²) in [4.78, 5) is 29.9. The summed E-state index contributed by atoms with van der Waals surface area (Å²) in [5.74, 6) is -0.443. The minimum atomic E-state index is -0.906. The average Bonchev–Trinajstić information content (AvgIpc) is 3.04. The van der Waals surface area contributed by atoms with Crippen LogP contribution in [0.3, 0.4) is 0 Å². The molecular formula is C23H20N3NaO4. The van der Waals surface area contributed by atoms with Gasteiger partial charge < -0.3 is 14.2 Å². The predicted molar refractivity (Wildman–Crippen MR) is 112 cm³/mol. The Morgan fingerprint density at radius 2 is 1.74 bits per heavy atom. The second-order valence-electron chi connectivity index (χ2n) is 7.05. The number of benzene rings is 2. The molecule has 0 saturated carbocycles. The molecule has 0 fully saturated rings. The van der Waals surface area contributed by atoms with Gasteiger partial charge >= 0.3 is 35.3 Å². The van der Waals surface area contributed by atoms with Gasteiger partial charge in [-0.25, -0.2) is 9.78 Å². The third-order valence-electron chi connectivity index (χ3n) is 4.80. The molecule has 4 aromatic rings. The van der Waals surface area contributed by atoms with Crippen molar-refractivity contribution in [2.75, 3.05) is 0 Å². The van der Waals surface area contributed by atoms with Crippen LogP contribution < -0.4 is 50.7 Å². The summed E-state index contributed by atoms with van der Waals surface area (Å²) in [6.45, 7) is 4.69. The van der Waals surface area contributed by atoms with Crippen LogP contribution in [-0.2, 0) is 13.2 Å². The molecule has 0 spiro atoms. The Labute approximate surface area is 201 Å². The number of nitrogens with zero attached hydrogens (tertiary/aromatic N) is 3. The number of hydrogen-bond acceptors (Lipinski definition) is 5. The van der Waals surface area contributed by atoms with Gasteiger partial charge in [0, 0.05) is 18.8 Å². The van der Waals surface area contributed by atoms with Crippen LogP contribution in [0.2, 0.25) is 0 Å². The standard InChI is InChI=1S/C23H21N3O4.Na/c1-15-5-3-6-16(2)21(15)19-8-4-7-17(11-19)14-29-20-10-9-18(12-24-20)13-26-22(27)25-23(28)30-26;/h3-12H,13-14H2,1-2H3,(H,25,27,28);/q;+1/p-1. The molecule has 0 N–H and O–H groups in total. The number of aromatic nitrogens is 3. The maximum Gasteiger partial charge on any atom is 1.00 e. The van der Waals surface area contributed by atoms with E-state index in [0.717, 1.165) is 15.9 Å². The van der Waals surface area contributed by atoms with E-state index in [-0.39, 0.29) is 36.1 Å². The molecule has 31 heavy (non-hydrogen) atoms. The van der Waals surface area contributed by atoms with Crippen LogP contribution in [-0.4, -0.2) is 9.72 Å². The molecule has 4 rings (SSSR count). The van der Waals surface area contributed by atoms with E-state index >= 15 is 0 Å². The Balaban J connectivity index is 0.00000272. The van der Waals surface area contributed by atoms with Gasteiger partial charge in [0.05, 0.1) is 0 Å². The first-order chi connectivity index (χ1) is 14.5. The van der Waals surface area contributed by atoms with Crippen LogP contribution >= 0.6 is 0 Å². The fourth-order valence-corrected chi connectivity index (χ4v) is 3.39. The summed E-state index contributed by atoms with van der Waals surface area (Å²) in [6.07, 6.45) is 1.57. The molecule has 0 aliphatic heterocycles. The molecule has 152 valence electrons. The maximum absolute atomic E-state index is 11.5. The van der Waals surface area contributed by atoms with Crippen molar-refractivity contribution in [2.24, 2.45) is 0 Å². The molecule has 2 aromatic carbocycles. The first-order valence-corrected chi connectivity index (χ1v) is 9.48. The molecule has 0 aliphatic rings. The molecule has 0 aliphatic carbocycles. The van der Waals surface area contributed by atoms with Crippen molar-refractivity contribution in [3.63, 3.8) is 0 Å². The van der Waals surface area contributed by atoms with Crippen LogP contribution in [0.25, 0.3) is 11.1 Å². The van der Waals surface area contributed by atoms with Crippen molar-refractivity contribution in [3.05, 3.63) is 104 Å². The minimum absolute atomic E-state index is 0. The number of aryl methyl sites for hydroxylation is 2. The zero-order valence-corrected chi connectivity index (χ0v) is 19.7. The molecule has 0 atom stereocenters. The smallest absolute Gasteiger partial charge is 0.473 e. The fraction of sp³-hybridized carbons (Fsp3) is 0.174. The van der Waals surface area contributed by atoms with Crippen LogP contribution in [0.4, 0.5) is 0 Å². The molecular weight excluding hydrogens is 405 g/mol. The minimum Gasteiger partial charge on any atom is -0.473 e. The van der Waals surface area contributed by atoms with Gasteiger partial charge in [-0.2, -0.15) is 0 Å². The Morgan fingerprint density at radius 1 is 1.00 bits per heavy atom. The van der Waals surface area contributed by atoms with Crippen molar-refractivity contribution in [3.8, 4) is 17.0 Å². The summed E-state index contributed by atoms with van der Waals surface area (Å²) < 4.78 is 11.4. The van der Waals surface area contributed by atoms with Gasteiger partial charge in [0.1, 0.15) is 6.61 Å². The van der Waals surface area contributed by atoms with E-state index in [9.17, 15) is 9.59 Å². The third-order valence-corrected chi connectivity index (χ3v) is 4.80. The topological polar surface area (TPSA) is 88.4 Å². The monoisotopic (exact) mass is 425 g/mol.